The fourth-order valence-electron chi connectivity index (χ4n) is 2.69. The van der Waals surface area contributed by atoms with Gasteiger partial charge in [0, 0.05) is 24.6 Å². The monoisotopic (exact) mass is 347 g/mol. The summed E-state index contributed by atoms with van der Waals surface area (Å²) >= 11 is 5.63. The molecular weight excluding hydrogens is 322 g/mol. The van der Waals surface area contributed by atoms with Gasteiger partial charge >= 0.3 is 0 Å². The zero-order valence-corrected chi connectivity index (χ0v) is 15.4. The molecule has 5 heteroatoms. The number of ether oxygens (including phenoxy) is 2. The van der Waals surface area contributed by atoms with E-state index in [-0.39, 0.29) is 11.9 Å². The third kappa shape index (κ3) is 4.89. The lowest BCUT2D eigenvalue weighted by atomic mass is 10.0. The fourth-order valence-corrected chi connectivity index (χ4v) is 3.02. The van der Waals surface area contributed by atoms with Crippen molar-refractivity contribution in [1.82, 2.24) is 4.90 Å². The van der Waals surface area contributed by atoms with Crippen molar-refractivity contribution in [2.45, 2.75) is 39.2 Å². The maximum absolute atomic E-state index is 12.2. The van der Waals surface area contributed by atoms with Gasteiger partial charge in [-0.2, -0.15) is 0 Å². The summed E-state index contributed by atoms with van der Waals surface area (Å²) in [4.78, 5) is 15.1. The molecule has 4 nitrogen and oxygen atoms in total. The van der Waals surface area contributed by atoms with Crippen molar-refractivity contribution in [1.29, 1.82) is 0 Å². The summed E-state index contributed by atoms with van der Waals surface area (Å²) in [5.41, 5.74) is 1.68. The Hall–Kier alpha value is -1.72. The number of ketones is 1. The number of para-hydroxylation sites is 1. The van der Waals surface area contributed by atoms with Crippen LogP contribution in [0.4, 0.5) is 0 Å². The van der Waals surface area contributed by atoms with Gasteiger partial charge in [0.1, 0.15) is 5.75 Å². The van der Waals surface area contributed by atoms with E-state index >= 15 is 0 Å². The largest absolute Gasteiger partial charge is 0.496 e. The van der Waals surface area contributed by atoms with Crippen LogP contribution >= 0.6 is 12.2 Å². The van der Waals surface area contributed by atoms with Gasteiger partial charge in [-0.25, -0.2) is 0 Å². The Morgan fingerprint density at radius 2 is 2.00 bits per heavy atom. The van der Waals surface area contributed by atoms with E-state index in [1.165, 1.54) is 0 Å². The molecular formula is C19H25NO3S. The average Bonchev–Trinajstić information content (AvgIpc) is 2.55. The number of rotatable bonds is 6. The highest BCUT2D eigenvalue weighted by atomic mass is 32.1. The van der Waals surface area contributed by atoms with Gasteiger partial charge in [0.15, 0.2) is 5.78 Å². The van der Waals surface area contributed by atoms with Gasteiger partial charge in [-0.05, 0) is 38.8 Å². The van der Waals surface area contributed by atoms with Crippen LogP contribution in [0.5, 0.6) is 5.75 Å². The molecule has 1 aliphatic rings. The summed E-state index contributed by atoms with van der Waals surface area (Å²) in [6.07, 6.45) is 3.89. The third-order valence-corrected chi connectivity index (χ3v) is 4.28. The van der Waals surface area contributed by atoms with E-state index in [1.807, 2.05) is 43.0 Å². The normalized spacial score (nSPS) is 18.2. The molecule has 0 fully saturated rings. The second-order valence-electron chi connectivity index (χ2n) is 6.01. The number of nitrogens with zero attached hydrogens (tertiary/aromatic N) is 1. The Morgan fingerprint density at radius 3 is 2.71 bits per heavy atom. The van der Waals surface area contributed by atoms with Gasteiger partial charge < -0.3 is 14.4 Å². The number of hydrogen-bond acceptors (Lipinski definition) is 4. The maximum Gasteiger partial charge on any atom is 0.157 e. The molecule has 1 aliphatic heterocycles. The van der Waals surface area contributed by atoms with Crippen LogP contribution in [0, 0.1) is 0 Å². The molecule has 0 atom stereocenters. The summed E-state index contributed by atoms with van der Waals surface area (Å²) < 4.78 is 11.2. The van der Waals surface area contributed by atoms with Crippen LogP contribution in [0.25, 0.3) is 5.70 Å². The topological polar surface area (TPSA) is 38.8 Å². The molecule has 0 aliphatic carbocycles. The van der Waals surface area contributed by atoms with Crippen LogP contribution in [0.1, 0.15) is 38.7 Å². The minimum atomic E-state index is 0.119. The molecule has 0 N–H and O–H groups in total. The van der Waals surface area contributed by atoms with Crippen molar-refractivity contribution in [2.75, 3.05) is 20.3 Å². The Morgan fingerprint density at radius 1 is 1.25 bits per heavy atom. The van der Waals surface area contributed by atoms with Gasteiger partial charge in [-0.15, -0.1) is 0 Å². The number of carbonyl (C=O) groups is 1. The number of carbonyl (C=O) groups excluding carboxylic acids is 1. The summed E-state index contributed by atoms with van der Waals surface area (Å²) in [7, 11) is 1.63. The molecule has 1 heterocycles. The van der Waals surface area contributed by atoms with Gasteiger partial charge in [0.2, 0.25) is 0 Å². The predicted molar refractivity (Wildman–Crippen MR) is 100 cm³/mol. The second-order valence-corrected chi connectivity index (χ2v) is 6.49. The lowest BCUT2D eigenvalue weighted by molar-refractivity contribution is -0.114. The minimum Gasteiger partial charge on any atom is -0.496 e. The van der Waals surface area contributed by atoms with Crippen molar-refractivity contribution in [3.63, 3.8) is 0 Å². The van der Waals surface area contributed by atoms with E-state index < -0.39 is 0 Å². The van der Waals surface area contributed by atoms with Crippen molar-refractivity contribution in [3.05, 3.63) is 35.9 Å². The third-order valence-electron chi connectivity index (χ3n) is 3.85. The quantitative estimate of drug-likeness (QED) is 0.731. The molecule has 0 saturated heterocycles. The first-order chi connectivity index (χ1) is 11.5. The number of allylic oxidation sites excluding steroid dienone is 1. The Kier molecular flexibility index (Phi) is 6.94. The first kappa shape index (κ1) is 18.6. The maximum atomic E-state index is 12.2. The molecule has 0 aromatic heterocycles. The Balaban J connectivity index is 2.39. The standard InChI is InChI=1S/C19H25NO3S/c1-14(2)23-12-11-20-17(13-15(21)7-6-10-19(20)24)16-8-4-5-9-18(16)22-3/h4-5,8-9,13-14H,6-7,10-12H2,1-3H3/b17-13-. The zero-order valence-electron chi connectivity index (χ0n) is 14.6. The molecule has 0 spiro atoms. The molecule has 24 heavy (non-hydrogen) atoms. The van der Waals surface area contributed by atoms with Crippen LogP contribution in [0.3, 0.4) is 0 Å². The van der Waals surface area contributed by atoms with E-state index in [2.05, 4.69) is 0 Å². The first-order valence-electron chi connectivity index (χ1n) is 8.32. The van der Waals surface area contributed by atoms with E-state index in [0.717, 1.165) is 34.8 Å². The highest BCUT2D eigenvalue weighted by Crippen LogP contribution is 2.30. The van der Waals surface area contributed by atoms with Crippen molar-refractivity contribution >= 4 is 28.7 Å². The summed E-state index contributed by atoms with van der Waals surface area (Å²) in [6, 6.07) is 7.70. The summed E-state index contributed by atoms with van der Waals surface area (Å²) in [5.74, 6) is 0.850. The highest BCUT2D eigenvalue weighted by Gasteiger charge is 2.22. The number of methoxy groups -OCH3 is 1. The molecule has 0 unspecified atom stereocenters. The Bertz CT molecular complexity index is 625. The number of thiocarbonyl (C=S) groups is 1. The smallest absolute Gasteiger partial charge is 0.157 e. The SMILES string of the molecule is COc1ccccc1/C1=C/C(=O)CCCC(=S)N1CCOC(C)C. The van der Waals surface area contributed by atoms with Crippen LogP contribution in [-0.4, -0.2) is 42.0 Å². The van der Waals surface area contributed by atoms with Gasteiger partial charge in [0.05, 0.1) is 30.5 Å². The zero-order chi connectivity index (χ0) is 17.5. The van der Waals surface area contributed by atoms with Gasteiger partial charge in [-0.3, -0.25) is 4.79 Å². The highest BCUT2D eigenvalue weighted by molar-refractivity contribution is 7.80. The summed E-state index contributed by atoms with van der Waals surface area (Å²) in [5, 5.41) is 0. The molecule has 1 aromatic carbocycles. The Labute approximate surface area is 149 Å². The predicted octanol–water partition coefficient (Wildman–Crippen LogP) is 3.84. The van der Waals surface area contributed by atoms with E-state index in [1.54, 1.807) is 13.2 Å². The van der Waals surface area contributed by atoms with Crippen molar-refractivity contribution < 1.29 is 14.3 Å². The second kappa shape index (κ2) is 8.94. The van der Waals surface area contributed by atoms with Crippen molar-refractivity contribution in [3.8, 4) is 5.75 Å². The molecule has 0 saturated carbocycles. The lowest BCUT2D eigenvalue weighted by Crippen LogP contribution is -2.33. The minimum absolute atomic E-state index is 0.119. The number of benzene rings is 1. The molecule has 0 amide bonds. The molecule has 2 rings (SSSR count). The van der Waals surface area contributed by atoms with E-state index in [4.69, 9.17) is 21.7 Å². The van der Waals surface area contributed by atoms with Gasteiger partial charge in [0.25, 0.3) is 0 Å². The number of hydrogen-bond donors (Lipinski definition) is 0. The molecule has 130 valence electrons. The lowest BCUT2D eigenvalue weighted by Gasteiger charge is -2.30. The van der Waals surface area contributed by atoms with Crippen LogP contribution in [-0.2, 0) is 9.53 Å². The van der Waals surface area contributed by atoms with E-state index in [0.29, 0.717) is 19.6 Å². The molecule has 0 bridgehead atoms. The van der Waals surface area contributed by atoms with Crippen LogP contribution in [0.2, 0.25) is 0 Å². The molecule has 0 radical (unpaired) electrons. The first-order valence-corrected chi connectivity index (χ1v) is 8.73. The van der Waals surface area contributed by atoms with Crippen LogP contribution in [0.15, 0.2) is 30.3 Å². The fraction of sp³-hybridized carbons (Fsp3) is 0.474. The van der Waals surface area contributed by atoms with Gasteiger partial charge in [-0.1, -0.05) is 24.4 Å². The van der Waals surface area contributed by atoms with E-state index in [9.17, 15) is 4.79 Å². The molecule has 1 aromatic rings. The van der Waals surface area contributed by atoms with Crippen molar-refractivity contribution in [2.24, 2.45) is 0 Å². The van der Waals surface area contributed by atoms with Crippen LogP contribution < -0.4 is 4.74 Å². The summed E-state index contributed by atoms with van der Waals surface area (Å²) in [6.45, 7) is 5.19. The average molecular weight is 347 g/mol.